The highest BCUT2D eigenvalue weighted by atomic mass is 16.5. The summed E-state index contributed by atoms with van der Waals surface area (Å²) in [6, 6.07) is 0. The second kappa shape index (κ2) is 10.2. The normalized spacial score (nSPS) is 27.6. The largest absolute Gasteiger partial charge is 0.464 e. The van der Waals surface area contributed by atoms with Gasteiger partial charge in [0, 0.05) is 6.42 Å². The predicted octanol–water partition coefficient (Wildman–Crippen LogP) is 4.78. The maximum Gasteiger partial charge on any atom is 0.293 e. The van der Waals surface area contributed by atoms with E-state index in [2.05, 4.69) is 13.0 Å². The van der Waals surface area contributed by atoms with Crippen molar-refractivity contribution in [3.63, 3.8) is 0 Å². The molecule has 0 aromatic rings. The van der Waals surface area contributed by atoms with E-state index < -0.39 is 0 Å². The lowest BCUT2D eigenvalue weighted by Crippen LogP contribution is -2.12. The molecule has 0 N–H and O–H groups in total. The standard InChI is InChI=1S/C16H28O2/c1-15-11-9-7-5-3-2-4-6-8-10-12-16(13-15)18-14-17/h11,14,16H,2-10,12-13H2,1H3/b15-11+. The highest BCUT2D eigenvalue weighted by Crippen LogP contribution is 2.18. The summed E-state index contributed by atoms with van der Waals surface area (Å²) in [4.78, 5) is 10.5. The van der Waals surface area contributed by atoms with Gasteiger partial charge in [-0.05, 0) is 32.6 Å². The van der Waals surface area contributed by atoms with Gasteiger partial charge in [-0.1, -0.05) is 50.2 Å². The van der Waals surface area contributed by atoms with E-state index in [1.165, 1.54) is 63.4 Å². The Kier molecular flexibility index (Phi) is 8.62. The molecule has 0 spiro atoms. The Labute approximate surface area is 112 Å². The fraction of sp³-hybridized carbons (Fsp3) is 0.812. The van der Waals surface area contributed by atoms with Crippen LogP contribution in [0.4, 0.5) is 0 Å². The molecule has 1 rings (SSSR count). The van der Waals surface area contributed by atoms with Gasteiger partial charge in [-0.2, -0.15) is 0 Å². The molecular formula is C16H28O2. The first kappa shape index (κ1) is 15.3. The third-order valence-corrected chi connectivity index (χ3v) is 3.77. The first-order valence-electron chi connectivity index (χ1n) is 7.57. The predicted molar refractivity (Wildman–Crippen MR) is 75.5 cm³/mol. The fourth-order valence-electron chi connectivity index (χ4n) is 2.66. The average molecular weight is 252 g/mol. The van der Waals surface area contributed by atoms with E-state index in [-0.39, 0.29) is 6.10 Å². The number of ether oxygens (including phenoxy) is 1. The van der Waals surface area contributed by atoms with Crippen LogP contribution in [0.1, 0.15) is 77.6 Å². The summed E-state index contributed by atoms with van der Waals surface area (Å²) in [5, 5.41) is 0. The van der Waals surface area contributed by atoms with Gasteiger partial charge < -0.3 is 4.74 Å². The molecule has 104 valence electrons. The summed E-state index contributed by atoms with van der Waals surface area (Å²) in [6.07, 6.45) is 16.1. The third kappa shape index (κ3) is 7.52. The molecule has 1 unspecified atom stereocenters. The lowest BCUT2D eigenvalue weighted by atomic mass is 9.99. The Balaban J connectivity index is 2.43. The van der Waals surface area contributed by atoms with E-state index in [0.717, 1.165) is 12.8 Å². The second-order valence-electron chi connectivity index (χ2n) is 5.51. The lowest BCUT2D eigenvalue weighted by molar-refractivity contribution is -0.133. The van der Waals surface area contributed by atoms with Crippen molar-refractivity contribution in [2.24, 2.45) is 0 Å². The topological polar surface area (TPSA) is 26.3 Å². The zero-order valence-corrected chi connectivity index (χ0v) is 11.8. The van der Waals surface area contributed by atoms with Gasteiger partial charge in [-0.25, -0.2) is 0 Å². The number of hydrogen-bond acceptors (Lipinski definition) is 2. The first-order valence-corrected chi connectivity index (χ1v) is 7.57. The van der Waals surface area contributed by atoms with Gasteiger partial charge in [0.1, 0.15) is 6.10 Å². The minimum absolute atomic E-state index is 0.0988. The molecule has 0 saturated carbocycles. The van der Waals surface area contributed by atoms with Crippen molar-refractivity contribution < 1.29 is 9.53 Å². The molecule has 0 radical (unpaired) electrons. The van der Waals surface area contributed by atoms with Crippen molar-refractivity contribution >= 4 is 6.47 Å². The van der Waals surface area contributed by atoms with Crippen molar-refractivity contribution in [1.29, 1.82) is 0 Å². The van der Waals surface area contributed by atoms with Crippen molar-refractivity contribution in [3.8, 4) is 0 Å². The van der Waals surface area contributed by atoms with E-state index in [0.29, 0.717) is 6.47 Å². The maximum atomic E-state index is 10.5. The van der Waals surface area contributed by atoms with Crippen LogP contribution in [0.25, 0.3) is 0 Å². The summed E-state index contributed by atoms with van der Waals surface area (Å²) >= 11 is 0. The molecular weight excluding hydrogens is 224 g/mol. The van der Waals surface area contributed by atoms with Crippen LogP contribution in [0.3, 0.4) is 0 Å². The molecule has 1 aliphatic carbocycles. The average Bonchev–Trinajstić information content (AvgIpc) is 2.35. The van der Waals surface area contributed by atoms with Crippen LogP contribution in [0.15, 0.2) is 11.6 Å². The maximum absolute atomic E-state index is 10.5. The highest BCUT2D eigenvalue weighted by Gasteiger charge is 2.10. The van der Waals surface area contributed by atoms with Crippen molar-refractivity contribution in [3.05, 3.63) is 11.6 Å². The second-order valence-corrected chi connectivity index (χ2v) is 5.51. The van der Waals surface area contributed by atoms with Crippen LogP contribution in [0.2, 0.25) is 0 Å². The molecule has 0 aliphatic heterocycles. The number of hydrogen-bond donors (Lipinski definition) is 0. The van der Waals surface area contributed by atoms with Crippen molar-refractivity contribution in [2.75, 3.05) is 0 Å². The van der Waals surface area contributed by atoms with Crippen LogP contribution < -0.4 is 0 Å². The zero-order valence-electron chi connectivity index (χ0n) is 11.8. The van der Waals surface area contributed by atoms with Gasteiger partial charge in [0.25, 0.3) is 6.47 Å². The fourth-order valence-corrected chi connectivity index (χ4v) is 2.66. The van der Waals surface area contributed by atoms with Gasteiger partial charge in [0.05, 0.1) is 0 Å². The monoisotopic (exact) mass is 252 g/mol. The Morgan fingerprint density at radius 1 is 1.06 bits per heavy atom. The Morgan fingerprint density at radius 3 is 2.33 bits per heavy atom. The first-order chi connectivity index (χ1) is 8.83. The Bertz CT molecular complexity index is 245. The molecule has 0 aromatic heterocycles. The van der Waals surface area contributed by atoms with E-state index in [1.807, 2.05) is 0 Å². The van der Waals surface area contributed by atoms with Gasteiger partial charge in [0.2, 0.25) is 0 Å². The molecule has 2 heteroatoms. The summed E-state index contributed by atoms with van der Waals surface area (Å²) in [7, 11) is 0. The molecule has 2 nitrogen and oxygen atoms in total. The Hall–Kier alpha value is -0.790. The van der Waals surface area contributed by atoms with Gasteiger partial charge >= 0.3 is 0 Å². The van der Waals surface area contributed by atoms with E-state index in [1.54, 1.807) is 0 Å². The molecule has 0 amide bonds. The summed E-state index contributed by atoms with van der Waals surface area (Å²) in [5.41, 5.74) is 1.37. The zero-order chi connectivity index (χ0) is 13.1. The molecule has 0 fully saturated rings. The molecule has 0 saturated heterocycles. The quantitative estimate of drug-likeness (QED) is 0.522. The van der Waals surface area contributed by atoms with Crippen LogP contribution in [-0.2, 0) is 9.53 Å². The van der Waals surface area contributed by atoms with Gasteiger partial charge in [-0.15, -0.1) is 0 Å². The highest BCUT2D eigenvalue weighted by molar-refractivity contribution is 5.37. The minimum atomic E-state index is 0.0988. The van der Waals surface area contributed by atoms with Crippen molar-refractivity contribution in [1.82, 2.24) is 0 Å². The van der Waals surface area contributed by atoms with Gasteiger partial charge in [0.15, 0.2) is 0 Å². The summed E-state index contributed by atoms with van der Waals surface area (Å²) < 4.78 is 5.19. The molecule has 0 heterocycles. The SMILES string of the molecule is C/C1=C\CCCCCCCCCCC(OC=O)C1. The van der Waals surface area contributed by atoms with Crippen LogP contribution in [-0.4, -0.2) is 12.6 Å². The van der Waals surface area contributed by atoms with Gasteiger partial charge in [-0.3, -0.25) is 4.79 Å². The van der Waals surface area contributed by atoms with Crippen LogP contribution in [0, 0.1) is 0 Å². The summed E-state index contributed by atoms with van der Waals surface area (Å²) in [6.45, 7) is 2.77. The number of carbonyl (C=O) groups is 1. The molecule has 1 aliphatic rings. The van der Waals surface area contributed by atoms with Crippen molar-refractivity contribution in [2.45, 2.75) is 83.7 Å². The van der Waals surface area contributed by atoms with E-state index in [9.17, 15) is 4.79 Å². The third-order valence-electron chi connectivity index (χ3n) is 3.77. The summed E-state index contributed by atoms with van der Waals surface area (Å²) in [5.74, 6) is 0. The molecule has 18 heavy (non-hydrogen) atoms. The molecule has 0 bridgehead atoms. The van der Waals surface area contributed by atoms with E-state index in [4.69, 9.17) is 4.74 Å². The van der Waals surface area contributed by atoms with Crippen LogP contribution >= 0.6 is 0 Å². The van der Waals surface area contributed by atoms with E-state index >= 15 is 0 Å². The minimum Gasteiger partial charge on any atom is -0.464 e. The number of rotatable bonds is 2. The Morgan fingerprint density at radius 2 is 1.67 bits per heavy atom. The molecule has 1 atom stereocenters. The van der Waals surface area contributed by atoms with Crippen LogP contribution in [0.5, 0.6) is 0 Å². The smallest absolute Gasteiger partial charge is 0.293 e. The number of carbonyl (C=O) groups excluding carboxylic acids is 1. The molecule has 0 aromatic carbocycles. The number of allylic oxidation sites excluding steroid dienone is 1. The lowest BCUT2D eigenvalue weighted by Gasteiger charge is -2.16.